The highest BCUT2D eigenvalue weighted by Crippen LogP contribution is 2.49. The van der Waals surface area contributed by atoms with E-state index in [2.05, 4.69) is 15.9 Å². The summed E-state index contributed by atoms with van der Waals surface area (Å²) in [6.45, 7) is 1.89. The van der Waals surface area contributed by atoms with E-state index in [9.17, 15) is 13.2 Å². The summed E-state index contributed by atoms with van der Waals surface area (Å²) in [6.07, 6.45) is 3.65. The third-order valence-corrected chi connectivity index (χ3v) is 8.45. The molecule has 0 bridgehead atoms. The van der Waals surface area contributed by atoms with Gasteiger partial charge in [-0.3, -0.25) is 9.80 Å². The molecule has 0 aromatic heterocycles. The predicted octanol–water partition coefficient (Wildman–Crippen LogP) is 5.40. The molecule has 1 unspecified atom stereocenters. The molecule has 2 aliphatic heterocycles. The van der Waals surface area contributed by atoms with E-state index in [4.69, 9.17) is 0 Å². The highest BCUT2D eigenvalue weighted by atomic mass is 79.9. The summed E-state index contributed by atoms with van der Waals surface area (Å²) in [4.78, 5) is 13.5. The molecule has 0 radical (unpaired) electrons. The Morgan fingerprint density at radius 2 is 1.66 bits per heavy atom. The second kappa shape index (κ2) is 7.90. The fourth-order valence-electron chi connectivity index (χ4n) is 4.53. The molecule has 2 heterocycles. The van der Waals surface area contributed by atoms with Crippen molar-refractivity contribution in [2.75, 3.05) is 0 Å². The minimum atomic E-state index is -4.08. The van der Waals surface area contributed by atoms with Gasteiger partial charge < -0.3 is 0 Å². The van der Waals surface area contributed by atoms with Crippen LogP contribution in [0, 0.1) is 6.92 Å². The van der Waals surface area contributed by atoms with Crippen LogP contribution < -0.4 is 0 Å². The molecule has 0 saturated carbocycles. The minimum Gasteiger partial charge on any atom is -0.272 e. The lowest BCUT2D eigenvalue weighted by molar-refractivity contribution is -0.144. The first kappa shape index (κ1) is 21.0. The number of amides is 1. The fourth-order valence-corrected chi connectivity index (χ4v) is 6.57. The van der Waals surface area contributed by atoms with E-state index < -0.39 is 15.9 Å². The predicted molar refractivity (Wildman–Crippen MR) is 127 cm³/mol. The molecule has 32 heavy (non-hydrogen) atoms. The van der Waals surface area contributed by atoms with Gasteiger partial charge in [0.05, 0.1) is 10.9 Å². The van der Waals surface area contributed by atoms with Crippen LogP contribution in [0.25, 0.3) is 6.08 Å². The van der Waals surface area contributed by atoms with E-state index >= 15 is 0 Å². The van der Waals surface area contributed by atoms with E-state index in [1.54, 1.807) is 35.5 Å². The number of carbonyl (C=O) groups is 1. The van der Waals surface area contributed by atoms with Crippen LogP contribution in [0.3, 0.4) is 0 Å². The number of nitrogens with zero attached hydrogens (tertiary/aromatic N) is 2. The lowest BCUT2D eigenvalue weighted by atomic mass is 9.80. The van der Waals surface area contributed by atoms with Gasteiger partial charge in [-0.2, -0.15) is 8.42 Å². The first-order valence-electron chi connectivity index (χ1n) is 10.3. The van der Waals surface area contributed by atoms with E-state index in [1.165, 1.54) is 0 Å². The maximum atomic E-state index is 13.6. The van der Waals surface area contributed by atoms with Crippen LogP contribution in [0.1, 0.15) is 40.6 Å². The van der Waals surface area contributed by atoms with Crippen molar-refractivity contribution in [2.45, 2.75) is 30.2 Å². The van der Waals surface area contributed by atoms with Crippen LogP contribution in [0.2, 0.25) is 0 Å². The van der Waals surface area contributed by atoms with Crippen LogP contribution >= 0.6 is 15.9 Å². The highest BCUT2D eigenvalue weighted by molar-refractivity contribution is 9.10. The maximum Gasteiger partial charge on any atom is 0.284 e. The number of aryl methyl sites for hydroxylation is 1. The Bertz CT molecular complexity index is 1320. The first-order valence-corrected chi connectivity index (χ1v) is 12.6. The number of fused-ring (bicyclic) bond motifs is 3. The molecule has 5 nitrogen and oxygen atoms in total. The third-order valence-electron chi connectivity index (χ3n) is 6.05. The Balaban J connectivity index is 1.68. The molecule has 7 heteroatoms. The zero-order chi connectivity index (χ0) is 22.5. The topological polar surface area (TPSA) is 57.7 Å². The van der Waals surface area contributed by atoms with Crippen molar-refractivity contribution in [1.29, 1.82) is 0 Å². The standard InChI is InChI=1S/C25H21BrN2O3S/c1-17-10-12-20(13-11-17)32(30,31)28-23(29)16-21(18-6-3-2-4-7-18)25-24-19(14-15-27(25)28)8-5-9-22(24)26/h2-15,21,25H,16H2,1H3/t21-,25?/m1/s1. The van der Waals surface area contributed by atoms with Gasteiger partial charge in [-0.05, 0) is 47.9 Å². The number of hydrogen-bond donors (Lipinski definition) is 0. The van der Waals surface area contributed by atoms with Gasteiger partial charge >= 0.3 is 0 Å². The zero-order valence-corrected chi connectivity index (χ0v) is 19.8. The molecule has 1 fully saturated rings. The molecule has 2 aliphatic rings. The summed E-state index contributed by atoms with van der Waals surface area (Å²) >= 11 is 3.67. The van der Waals surface area contributed by atoms with Gasteiger partial charge in [0.2, 0.25) is 0 Å². The molecule has 1 amide bonds. The quantitative estimate of drug-likeness (QED) is 0.474. The number of hydrogen-bond acceptors (Lipinski definition) is 4. The van der Waals surface area contributed by atoms with Gasteiger partial charge in [0.15, 0.2) is 0 Å². The zero-order valence-electron chi connectivity index (χ0n) is 17.4. The van der Waals surface area contributed by atoms with Gasteiger partial charge in [-0.15, -0.1) is 4.41 Å². The molecule has 162 valence electrons. The second-order valence-electron chi connectivity index (χ2n) is 8.06. The van der Waals surface area contributed by atoms with Crippen molar-refractivity contribution >= 4 is 37.9 Å². The average Bonchev–Trinajstić information content (AvgIpc) is 2.79. The normalized spacial score (nSPS) is 20.1. The number of sulfonamides is 1. The number of rotatable bonds is 3. The van der Waals surface area contributed by atoms with E-state index in [-0.39, 0.29) is 23.3 Å². The molecule has 3 aromatic carbocycles. The molecule has 0 spiro atoms. The number of hydrazine groups is 1. The van der Waals surface area contributed by atoms with Crippen molar-refractivity contribution in [3.8, 4) is 0 Å². The van der Waals surface area contributed by atoms with E-state index in [0.717, 1.165) is 31.1 Å². The summed E-state index contributed by atoms with van der Waals surface area (Å²) in [7, 11) is -4.08. The van der Waals surface area contributed by atoms with Gasteiger partial charge in [0.25, 0.3) is 15.9 Å². The molecule has 0 N–H and O–H groups in total. The van der Waals surface area contributed by atoms with Crippen LogP contribution in [-0.2, 0) is 14.8 Å². The van der Waals surface area contributed by atoms with Crippen molar-refractivity contribution in [1.82, 2.24) is 9.42 Å². The summed E-state index contributed by atoms with van der Waals surface area (Å²) in [6, 6.07) is 21.9. The van der Waals surface area contributed by atoms with Crippen LogP contribution in [0.15, 0.2) is 88.4 Å². The second-order valence-corrected chi connectivity index (χ2v) is 10.7. The summed E-state index contributed by atoms with van der Waals surface area (Å²) in [5.74, 6) is -0.647. The van der Waals surface area contributed by atoms with Gasteiger partial charge in [0, 0.05) is 23.0 Å². The molecular formula is C25H21BrN2O3S. The fraction of sp³-hybridized carbons (Fsp3) is 0.160. The summed E-state index contributed by atoms with van der Waals surface area (Å²) < 4.78 is 29.1. The summed E-state index contributed by atoms with van der Waals surface area (Å²) in [5.41, 5.74) is 3.93. The van der Waals surface area contributed by atoms with Gasteiger partial charge in [-0.1, -0.05) is 76.1 Å². The molecule has 1 saturated heterocycles. The number of benzene rings is 3. The maximum absolute atomic E-state index is 13.6. The monoisotopic (exact) mass is 508 g/mol. The van der Waals surface area contributed by atoms with Crippen LogP contribution in [0.5, 0.6) is 0 Å². The largest absolute Gasteiger partial charge is 0.284 e. The first-order chi connectivity index (χ1) is 15.4. The van der Waals surface area contributed by atoms with Crippen molar-refractivity contribution in [3.05, 3.63) is 106 Å². The lowest BCUT2D eigenvalue weighted by Gasteiger charge is -2.48. The molecule has 5 rings (SSSR count). The van der Waals surface area contributed by atoms with E-state index in [0.29, 0.717) is 0 Å². The molecule has 3 aromatic rings. The average molecular weight is 509 g/mol. The molecule has 0 aliphatic carbocycles. The van der Waals surface area contributed by atoms with Crippen molar-refractivity contribution in [2.24, 2.45) is 0 Å². The Morgan fingerprint density at radius 1 is 0.938 bits per heavy atom. The lowest BCUT2D eigenvalue weighted by Crippen LogP contribution is -2.55. The van der Waals surface area contributed by atoms with E-state index in [1.807, 2.05) is 61.5 Å². The Kier molecular flexibility index (Phi) is 5.18. The highest BCUT2D eigenvalue weighted by Gasteiger charge is 2.48. The Labute approximate surface area is 196 Å². The number of carbonyl (C=O) groups excluding carboxylic acids is 1. The molecule has 2 atom stereocenters. The Hall–Kier alpha value is -2.90. The SMILES string of the molecule is Cc1ccc(S(=O)(=O)N2C(=O)C[C@H](c3ccccc3)C3c4c(Br)cccc4C=CN32)cc1. The number of halogens is 1. The van der Waals surface area contributed by atoms with Crippen molar-refractivity contribution in [3.63, 3.8) is 0 Å². The van der Waals surface area contributed by atoms with Crippen molar-refractivity contribution < 1.29 is 13.2 Å². The van der Waals surface area contributed by atoms with Crippen LogP contribution in [-0.4, -0.2) is 23.7 Å². The van der Waals surface area contributed by atoms with Crippen LogP contribution in [0.4, 0.5) is 0 Å². The smallest absolute Gasteiger partial charge is 0.272 e. The summed E-state index contributed by atoms with van der Waals surface area (Å²) in [5, 5.41) is 1.59. The van der Waals surface area contributed by atoms with Gasteiger partial charge in [-0.25, -0.2) is 0 Å². The minimum absolute atomic E-state index is 0.0882. The third kappa shape index (κ3) is 3.36. The van der Waals surface area contributed by atoms with Gasteiger partial charge in [0.1, 0.15) is 0 Å². The Morgan fingerprint density at radius 3 is 2.38 bits per heavy atom. The molecular weight excluding hydrogens is 488 g/mol.